The van der Waals surface area contributed by atoms with Gasteiger partial charge in [-0.05, 0) is 53.7 Å². The SMILES string of the molecule is O=C(/C=C/c1ccccc1)NC(=S)Nc1ccc(Cc2nc3ccccc3o2)cc1. The number of benzene rings is 3. The third kappa shape index (κ3) is 5.18. The lowest BCUT2D eigenvalue weighted by atomic mass is 10.1. The molecule has 0 unspecified atom stereocenters. The fourth-order valence-electron chi connectivity index (χ4n) is 2.93. The molecule has 0 aliphatic carbocycles. The number of rotatable bonds is 5. The molecule has 0 aliphatic heterocycles. The van der Waals surface area contributed by atoms with Crippen molar-refractivity contribution in [1.82, 2.24) is 10.3 Å². The van der Waals surface area contributed by atoms with Gasteiger partial charge in [-0.1, -0.05) is 54.6 Å². The van der Waals surface area contributed by atoms with E-state index < -0.39 is 0 Å². The maximum absolute atomic E-state index is 12.0. The van der Waals surface area contributed by atoms with Crippen molar-refractivity contribution in [3.63, 3.8) is 0 Å². The molecule has 6 heteroatoms. The summed E-state index contributed by atoms with van der Waals surface area (Å²) in [5, 5.41) is 5.89. The molecular weight excluding hydrogens is 394 g/mol. The van der Waals surface area contributed by atoms with Crippen molar-refractivity contribution in [3.8, 4) is 0 Å². The summed E-state index contributed by atoms with van der Waals surface area (Å²) in [5.74, 6) is 0.383. The molecule has 0 saturated heterocycles. The van der Waals surface area contributed by atoms with Crippen LogP contribution in [-0.2, 0) is 11.2 Å². The van der Waals surface area contributed by atoms with E-state index in [-0.39, 0.29) is 11.0 Å². The summed E-state index contributed by atoms with van der Waals surface area (Å²) in [6.45, 7) is 0. The van der Waals surface area contributed by atoms with Gasteiger partial charge in [-0.25, -0.2) is 4.98 Å². The smallest absolute Gasteiger partial charge is 0.250 e. The maximum Gasteiger partial charge on any atom is 0.250 e. The van der Waals surface area contributed by atoms with E-state index in [9.17, 15) is 4.79 Å². The average molecular weight is 414 g/mol. The third-order valence-corrected chi connectivity index (χ3v) is 4.57. The second-order valence-corrected chi connectivity index (χ2v) is 7.04. The minimum atomic E-state index is -0.288. The van der Waals surface area contributed by atoms with Gasteiger partial charge in [0, 0.05) is 18.2 Å². The van der Waals surface area contributed by atoms with Crippen LogP contribution < -0.4 is 10.6 Å². The Balaban J connectivity index is 1.31. The summed E-state index contributed by atoms with van der Waals surface area (Å²) in [7, 11) is 0. The van der Waals surface area contributed by atoms with Crippen LogP contribution in [0.2, 0.25) is 0 Å². The van der Waals surface area contributed by atoms with Gasteiger partial charge in [0.1, 0.15) is 5.52 Å². The summed E-state index contributed by atoms with van der Waals surface area (Å²) < 4.78 is 5.76. The van der Waals surface area contributed by atoms with Crippen LogP contribution in [-0.4, -0.2) is 16.0 Å². The number of para-hydroxylation sites is 2. The first-order valence-corrected chi connectivity index (χ1v) is 9.85. The number of aromatic nitrogens is 1. The lowest BCUT2D eigenvalue weighted by molar-refractivity contribution is -0.115. The topological polar surface area (TPSA) is 67.2 Å². The zero-order valence-corrected chi connectivity index (χ0v) is 16.9. The number of nitrogens with zero attached hydrogens (tertiary/aromatic N) is 1. The Labute approximate surface area is 179 Å². The lowest BCUT2D eigenvalue weighted by Crippen LogP contribution is -2.32. The van der Waals surface area contributed by atoms with Crippen LogP contribution in [0, 0.1) is 0 Å². The Morgan fingerprint density at radius 3 is 2.47 bits per heavy atom. The van der Waals surface area contributed by atoms with Crippen LogP contribution >= 0.6 is 12.2 Å². The largest absolute Gasteiger partial charge is 0.440 e. The van der Waals surface area contributed by atoms with E-state index in [4.69, 9.17) is 16.6 Å². The molecule has 0 spiro atoms. The van der Waals surface area contributed by atoms with Crippen molar-refractivity contribution in [3.05, 3.63) is 102 Å². The Morgan fingerprint density at radius 1 is 0.967 bits per heavy atom. The van der Waals surface area contributed by atoms with Gasteiger partial charge in [0.2, 0.25) is 5.91 Å². The van der Waals surface area contributed by atoms with Crippen LogP contribution in [0.4, 0.5) is 5.69 Å². The summed E-state index contributed by atoms with van der Waals surface area (Å²) in [5.41, 5.74) is 4.43. The van der Waals surface area contributed by atoms with E-state index >= 15 is 0 Å². The highest BCUT2D eigenvalue weighted by Gasteiger charge is 2.07. The van der Waals surface area contributed by atoms with Crippen molar-refractivity contribution in [2.75, 3.05) is 5.32 Å². The van der Waals surface area contributed by atoms with Crippen LogP contribution in [0.15, 0.2) is 89.4 Å². The number of anilines is 1. The summed E-state index contributed by atoms with van der Waals surface area (Å²) in [4.78, 5) is 16.5. The van der Waals surface area contributed by atoms with Gasteiger partial charge < -0.3 is 9.73 Å². The molecule has 3 aromatic carbocycles. The van der Waals surface area contributed by atoms with Crippen molar-refractivity contribution in [2.24, 2.45) is 0 Å². The molecule has 4 rings (SSSR count). The van der Waals surface area contributed by atoms with Crippen molar-refractivity contribution >= 4 is 46.1 Å². The number of hydrogen-bond acceptors (Lipinski definition) is 4. The molecule has 1 heterocycles. The molecule has 0 radical (unpaired) electrons. The monoisotopic (exact) mass is 413 g/mol. The van der Waals surface area contributed by atoms with Gasteiger partial charge in [0.15, 0.2) is 16.6 Å². The van der Waals surface area contributed by atoms with Crippen molar-refractivity contribution in [1.29, 1.82) is 0 Å². The highest BCUT2D eigenvalue weighted by molar-refractivity contribution is 7.80. The minimum absolute atomic E-state index is 0.240. The molecule has 148 valence electrons. The highest BCUT2D eigenvalue weighted by atomic mass is 32.1. The standard InChI is InChI=1S/C24H19N3O2S/c28-22(15-12-17-6-2-1-3-7-17)27-24(30)25-19-13-10-18(11-14-19)16-23-26-20-8-4-5-9-21(20)29-23/h1-15H,16H2,(H2,25,27,28,30)/b15-12+. The molecule has 5 nitrogen and oxygen atoms in total. The Hall–Kier alpha value is -3.77. The number of thiocarbonyl (C=S) groups is 1. The second kappa shape index (κ2) is 9.15. The Bertz CT molecular complexity index is 1170. The quantitative estimate of drug-likeness (QED) is 0.358. The maximum atomic E-state index is 12.0. The fraction of sp³-hybridized carbons (Fsp3) is 0.0417. The Morgan fingerprint density at radius 2 is 1.70 bits per heavy atom. The Kier molecular flexibility index (Phi) is 5.96. The third-order valence-electron chi connectivity index (χ3n) is 4.37. The molecule has 0 aliphatic rings. The molecule has 4 aromatic rings. The predicted molar refractivity (Wildman–Crippen MR) is 123 cm³/mol. The van der Waals surface area contributed by atoms with E-state index in [1.807, 2.05) is 78.9 Å². The molecular formula is C24H19N3O2S. The van der Waals surface area contributed by atoms with E-state index in [1.165, 1.54) is 6.08 Å². The average Bonchev–Trinajstić information content (AvgIpc) is 3.17. The van der Waals surface area contributed by atoms with Crippen LogP contribution in [0.3, 0.4) is 0 Å². The number of carbonyl (C=O) groups is 1. The van der Waals surface area contributed by atoms with Crippen LogP contribution in [0.5, 0.6) is 0 Å². The molecule has 2 N–H and O–H groups in total. The zero-order valence-electron chi connectivity index (χ0n) is 16.0. The summed E-state index contributed by atoms with van der Waals surface area (Å²) >= 11 is 5.22. The number of amides is 1. The number of hydrogen-bond donors (Lipinski definition) is 2. The summed E-state index contributed by atoms with van der Waals surface area (Å²) in [6.07, 6.45) is 3.78. The second-order valence-electron chi connectivity index (χ2n) is 6.64. The molecule has 0 bridgehead atoms. The fourth-order valence-corrected chi connectivity index (χ4v) is 3.15. The molecule has 0 fully saturated rings. The minimum Gasteiger partial charge on any atom is -0.440 e. The van der Waals surface area contributed by atoms with Gasteiger partial charge in [-0.15, -0.1) is 0 Å². The number of carbonyl (C=O) groups excluding carboxylic acids is 1. The van der Waals surface area contributed by atoms with Gasteiger partial charge >= 0.3 is 0 Å². The van der Waals surface area contributed by atoms with E-state index in [1.54, 1.807) is 6.08 Å². The van der Waals surface area contributed by atoms with E-state index in [0.29, 0.717) is 12.3 Å². The van der Waals surface area contributed by atoms with Crippen LogP contribution in [0.1, 0.15) is 17.0 Å². The van der Waals surface area contributed by atoms with Gasteiger partial charge in [-0.3, -0.25) is 10.1 Å². The predicted octanol–water partition coefficient (Wildman–Crippen LogP) is 4.95. The number of nitrogens with one attached hydrogen (secondary N) is 2. The molecule has 0 atom stereocenters. The van der Waals surface area contributed by atoms with Crippen molar-refractivity contribution in [2.45, 2.75) is 6.42 Å². The van der Waals surface area contributed by atoms with Gasteiger partial charge in [0.25, 0.3) is 0 Å². The first-order chi connectivity index (χ1) is 14.7. The molecule has 1 aromatic heterocycles. The highest BCUT2D eigenvalue weighted by Crippen LogP contribution is 2.18. The normalized spacial score (nSPS) is 10.9. The number of fused-ring (bicyclic) bond motifs is 1. The lowest BCUT2D eigenvalue weighted by Gasteiger charge is -2.08. The van der Waals surface area contributed by atoms with Crippen LogP contribution in [0.25, 0.3) is 17.2 Å². The van der Waals surface area contributed by atoms with Gasteiger partial charge in [0.05, 0.1) is 0 Å². The number of oxazole rings is 1. The molecule has 1 amide bonds. The van der Waals surface area contributed by atoms with Gasteiger partial charge in [-0.2, -0.15) is 0 Å². The first kappa shape index (κ1) is 19.5. The van der Waals surface area contributed by atoms with E-state index in [0.717, 1.165) is 27.9 Å². The molecule has 30 heavy (non-hydrogen) atoms. The summed E-state index contributed by atoms with van der Waals surface area (Å²) in [6, 6.07) is 25.0. The zero-order chi connectivity index (χ0) is 20.8. The van der Waals surface area contributed by atoms with Crippen molar-refractivity contribution < 1.29 is 9.21 Å². The van der Waals surface area contributed by atoms with E-state index in [2.05, 4.69) is 15.6 Å². The molecule has 0 saturated carbocycles. The first-order valence-electron chi connectivity index (χ1n) is 9.44.